The number of para-hydroxylation sites is 1. The van der Waals surface area contributed by atoms with Gasteiger partial charge in [-0.25, -0.2) is 0 Å². The third-order valence-corrected chi connectivity index (χ3v) is 2.62. The summed E-state index contributed by atoms with van der Waals surface area (Å²) in [5.74, 6) is 1.56. The predicted molar refractivity (Wildman–Crippen MR) is 67.8 cm³/mol. The second-order valence-electron chi connectivity index (χ2n) is 4.00. The van der Waals surface area contributed by atoms with Gasteiger partial charge >= 0.3 is 0 Å². The summed E-state index contributed by atoms with van der Waals surface area (Å²) in [6.07, 6.45) is 0. The van der Waals surface area contributed by atoms with Gasteiger partial charge in [0.05, 0.1) is 6.54 Å². The van der Waals surface area contributed by atoms with Gasteiger partial charge in [0.2, 0.25) is 5.91 Å². The van der Waals surface area contributed by atoms with Crippen LogP contribution < -0.4 is 20.1 Å². The number of benzene rings is 1. The third-order valence-electron chi connectivity index (χ3n) is 2.62. The molecule has 18 heavy (non-hydrogen) atoms. The van der Waals surface area contributed by atoms with Crippen LogP contribution in [0.1, 0.15) is 12.5 Å². The van der Waals surface area contributed by atoms with Crippen LogP contribution in [0.2, 0.25) is 0 Å². The molecule has 0 fully saturated rings. The van der Waals surface area contributed by atoms with Gasteiger partial charge in [0.15, 0.2) is 11.5 Å². The lowest BCUT2D eigenvalue weighted by molar-refractivity contribution is -0.120. The highest BCUT2D eigenvalue weighted by Gasteiger charge is 2.15. The standard InChI is InChI=1S/C13H18N2O3/c1-2-15-12(16)9-14-8-10-4-3-5-11-13(10)18-7-6-17-11/h3-5,14H,2,6-9H2,1H3,(H,15,16). The van der Waals surface area contributed by atoms with E-state index >= 15 is 0 Å². The van der Waals surface area contributed by atoms with Crippen LogP contribution in [0.3, 0.4) is 0 Å². The van der Waals surface area contributed by atoms with E-state index < -0.39 is 0 Å². The van der Waals surface area contributed by atoms with Crippen molar-refractivity contribution in [3.8, 4) is 11.5 Å². The lowest BCUT2D eigenvalue weighted by atomic mass is 10.1. The topological polar surface area (TPSA) is 59.6 Å². The molecular weight excluding hydrogens is 232 g/mol. The van der Waals surface area contributed by atoms with Crippen LogP contribution in [0.15, 0.2) is 18.2 Å². The fourth-order valence-corrected chi connectivity index (χ4v) is 1.84. The van der Waals surface area contributed by atoms with Gasteiger partial charge in [-0.1, -0.05) is 12.1 Å². The summed E-state index contributed by atoms with van der Waals surface area (Å²) in [5.41, 5.74) is 1.01. The molecule has 0 aliphatic carbocycles. The molecule has 1 heterocycles. The maximum absolute atomic E-state index is 11.3. The van der Waals surface area contributed by atoms with Gasteiger partial charge in [-0.05, 0) is 13.0 Å². The molecule has 2 rings (SSSR count). The number of amides is 1. The molecule has 1 aliphatic heterocycles. The van der Waals surface area contributed by atoms with Gasteiger partial charge in [-0.15, -0.1) is 0 Å². The molecule has 98 valence electrons. The Kier molecular flexibility index (Phi) is 4.41. The Morgan fingerprint density at radius 1 is 1.33 bits per heavy atom. The summed E-state index contributed by atoms with van der Waals surface area (Å²) >= 11 is 0. The molecule has 0 saturated heterocycles. The molecule has 2 N–H and O–H groups in total. The minimum atomic E-state index is -0.000493. The van der Waals surface area contributed by atoms with Crippen molar-refractivity contribution in [1.82, 2.24) is 10.6 Å². The number of rotatable bonds is 5. The summed E-state index contributed by atoms with van der Waals surface area (Å²) in [6.45, 7) is 4.60. The Morgan fingerprint density at radius 2 is 2.17 bits per heavy atom. The van der Waals surface area contributed by atoms with Crippen molar-refractivity contribution in [1.29, 1.82) is 0 Å². The fourth-order valence-electron chi connectivity index (χ4n) is 1.84. The quantitative estimate of drug-likeness (QED) is 0.807. The Labute approximate surface area is 106 Å². The van der Waals surface area contributed by atoms with Crippen molar-refractivity contribution >= 4 is 5.91 Å². The third kappa shape index (κ3) is 3.13. The number of fused-ring (bicyclic) bond motifs is 1. The molecule has 5 nitrogen and oxygen atoms in total. The Hall–Kier alpha value is -1.75. The zero-order valence-corrected chi connectivity index (χ0v) is 10.5. The van der Waals surface area contributed by atoms with Crippen molar-refractivity contribution in [2.24, 2.45) is 0 Å². The van der Waals surface area contributed by atoms with E-state index in [1.807, 2.05) is 25.1 Å². The Morgan fingerprint density at radius 3 is 3.00 bits per heavy atom. The summed E-state index contributed by atoms with van der Waals surface area (Å²) < 4.78 is 11.1. The van der Waals surface area contributed by atoms with Gasteiger partial charge in [0.25, 0.3) is 0 Å². The first-order valence-electron chi connectivity index (χ1n) is 6.16. The first-order chi connectivity index (χ1) is 8.81. The highest BCUT2D eigenvalue weighted by Crippen LogP contribution is 2.33. The van der Waals surface area contributed by atoms with Crippen molar-refractivity contribution in [2.75, 3.05) is 26.3 Å². The van der Waals surface area contributed by atoms with Gasteiger partial charge in [0.1, 0.15) is 13.2 Å². The normalized spacial score (nSPS) is 13.2. The number of hydrogen-bond donors (Lipinski definition) is 2. The molecule has 1 amide bonds. The van der Waals surface area contributed by atoms with Crippen LogP contribution in [0.5, 0.6) is 11.5 Å². The van der Waals surface area contributed by atoms with Crippen molar-refractivity contribution in [2.45, 2.75) is 13.5 Å². The highest BCUT2D eigenvalue weighted by atomic mass is 16.6. The highest BCUT2D eigenvalue weighted by molar-refractivity contribution is 5.77. The summed E-state index contributed by atoms with van der Waals surface area (Å²) in [5, 5.41) is 5.83. The van der Waals surface area contributed by atoms with Crippen molar-refractivity contribution in [3.05, 3.63) is 23.8 Å². The van der Waals surface area contributed by atoms with Gasteiger partial charge in [-0.3, -0.25) is 4.79 Å². The summed E-state index contributed by atoms with van der Waals surface area (Å²) in [7, 11) is 0. The average Bonchev–Trinajstić information content (AvgIpc) is 2.39. The molecular formula is C13H18N2O3. The molecule has 0 spiro atoms. The van der Waals surface area contributed by atoms with E-state index in [2.05, 4.69) is 10.6 Å². The van der Waals surface area contributed by atoms with E-state index in [4.69, 9.17) is 9.47 Å². The lowest BCUT2D eigenvalue weighted by Gasteiger charge is -2.21. The molecule has 0 bridgehead atoms. The monoisotopic (exact) mass is 250 g/mol. The minimum Gasteiger partial charge on any atom is -0.486 e. The van der Waals surface area contributed by atoms with Crippen LogP contribution in [0, 0.1) is 0 Å². The van der Waals surface area contributed by atoms with E-state index in [0.717, 1.165) is 17.1 Å². The molecule has 1 aromatic carbocycles. The molecule has 5 heteroatoms. The van der Waals surface area contributed by atoms with Gasteiger partial charge < -0.3 is 20.1 Å². The van der Waals surface area contributed by atoms with E-state index in [9.17, 15) is 4.79 Å². The number of hydrogen-bond acceptors (Lipinski definition) is 4. The van der Waals surface area contributed by atoms with Crippen LogP contribution >= 0.6 is 0 Å². The van der Waals surface area contributed by atoms with E-state index in [1.165, 1.54) is 0 Å². The van der Waals surface area contributed by atoms with Crippen molar-refractivity contribution < 1.29 is 14.3 Å². The largest absolute Gasteiger partial charge is 0.486 e. The first-order valence-corrected chi connectivity index (χ1v) is 6.16. The second kappa shape index (κ2) is 6.26. The lowest BCUT2D eigenvalue weighted by Crippen LogP contribution is -2.33. The van der Waals surface area contributed by atoms with Gasteiger partial charge in [-0.2, -0.15) is 0 Å². The smallest absolute Gasteiger partial charge is 0.233 e. The zero-order chi connectivity index (χ0) is 12.8. The second-order valence-corrected chi connectivity index (χ2v) is 4.00. The van der Waals surface area contributed by atoms with Crippen molar-refractivity contribution in [3.63, 3.8) is 0 Å². The fraction of sp³-hybridized carbons (Fsp3) is 0.462. The van der Waals surface area contributed by atoms with E-state index in [1.54, 1.807) is 0 Å². The molecule has 1 aromatic rings. The zero-order valence-electron chi connectivity index (χ0n) is 10.5. The molecule has 0 aromatic heterocycles. The molecule has 0 atom stereocenters. The average molecular weight is 250 g/mol. The Balaban J connectivity index is 1.91. The minimum absolute atomic E-state index is 0.000493. The molecule has 1 aliphatic rings. The summed E-state index contributed by atoms with van der Waals surface area (Å²) in [4.78, 5) is 11.3. The SMILES string of the molecule is CCNC(=O)CNCc1cccc2c1OCCO2. The number of likely N-dealkylation sites (N-methyl/N-ethyl adjacent to an activating group) is 1. The van der Waals surface area contributed by atoms with Gasteiger partial charge in [0, 0.05) is 18.7 Å². The van der Waals surface area contributed by atoms with Crippen LogP contribution in [-0.4, -0.2) is 32.2 Å². The van der Waals surface area contributed by atoms with Crippen LogP contribution in [-0.2, 0) is 11.3 Å². The van der Waals surface area contributed by atoms with E-state index in [0.29, 0.717) is 32.8 Å². The predicted octanol–water partition coefficient (Wildman–Crippen LogP) is 0.683. The number of carbonyl (C=O) groups is 1. The summed E-state index contributed by atoms with van der Waals surface area (Å²) in [6, 6.07) is 5.79. The number of carbonyl (C=O) groups excluding carboxylic acids is 1. The molecule has 0 unspecified atom stereocenters. The van der Waals surface area contributed by atoms with Crippen LogP contribution in [0.4, 0.5) is 0 Å². The first kappa shape index (κ1) is 12.7. The van der Waals surface area contributed by atoms with Crippen LogP contribution in [0.25, 0.3) is 0 Å². The number of nitrogens with one attached hydrogen (secondary N) is 2. The maximum atomic E-state index is 11.3. The molecule has 0 saturated carbocycles. The molecule has 0 radical (unpaired) electrons. The Bertz CT molecular complexity index is 421. The maximum Gasteiger partial charge on any atom is 0.233 e. The number of ether oxygens (including phenoxy) is 2. The van der Waals surface area contributed by atoms with E-state index in [-0.39, 0.29) is 5.91 Å².